The molecule has 1 saturated heterocycles. The Morgan fingerprint density at radius 3 is 2.40 bits per heavy atom. The minimum absolute atomic E-state index is 0.172. The van der Waals surface area contributed by atoms with E-state index in [0.29, 0.717) is 17.6 Å². The van der Waals surface area contributed by atoms with Gasteiger partial charge < -0.3 is 14.6 Å². The number of carboxylic acid groups (broad SMARTS) is 1. The Bertz CT molecular complexity index is 571. The van der Waals surface area contributed by atoms with Crippen molar-refractivity contribution in [2.24, 2.45) is 5.92 Å². The fourth-order valence-corrected chi connectivity index (χ4v) is 6.07. The molecule has 0 aromatic rings. The summed E-state index contributed by atoms with van der Waals surface area (Å²) >= 11 is 1.57. The second-order valence-corrected chi connectivity index (χ2v) is 10.4. The summed E-state index contributed by atoms with van der Waals surface area (Å²) in [6.07, 6.45) is 17.1. The van der Waals surface area contributed by atoms with Gasteiger partial charge in [0.05, 0.1) is 11.5 Å². The summed E-state index contributed by atoms with van der Waals surface area (Å²) in [5, 5.41) is 9.41. The molecule has 1 saturated carbocycles. The monoisotopic (exact) mass is 438 g/mol. The molecule has 2 aliphatic rings. The highest BCUT2D eigenvalue weighted by Gasteiger charge is 2.39. The van der Waals surface area contributed by atoms with Gasteiger partial charge in [-0.15, -0.1) is 11.8 Å². The first-order valence-electron chi connectivity index (χ1n) is 12.2. The molecule has 30 heavy (non-hydrogen) atoms. The molecule has 1 N–H and O–H groups in total. The van der Waals surface area contributed by atoms with Crippen molar-refractivity contribution in [3.05, 3.63) is 11.3 Å². The molecule has 1 heterocycles. The number of hydrogen-bond donors (Lipinski definition) is 1. The first-order chi connectivity index (χ1) is 14.5. The number of unbranched alkanes of at least 4 members (excludes halogenated alkanes) is 5. The van der Waals surface area contributed by atoms with Crippen LogP contribution in [0, 0.1) is 5.92 Å². The van der Waals surface area contributed by atoms with E-state index in [4.69, 9.17) is 9.84 Å². The molecule has 4 nitrogen and oxygen atoms in total. The van der Waals surface area contributed by atoms with Crippen molar-refractivity contribution in [2.45, 2.75) is 122 Å². The minimum Gasteiger partial charge on any atom is -0.493 e. The van der Waals surface area contributed by atoms with Gasteiger partial charge in [0.2, 0.25) is 0 Å². The van der Waals surface area contributed by atoms with Gasteiger partial charge in [-0.1, -0.05) is 39.0 Å². The molecule has 0 unspecified atom stereocenters. The minimum atomic E-state index is -0.730. The topological polar surface area (TPSA) is 63.6 Å². The molecule has 0 aromatic heterocycles. The number of allylic oxidation sites excluding steroid dienone is 2. The van der Waals surface area contributed by atoms with E-state index >= 15 is 0 Å². The maximum Gasteiger partial charge on any atom is 0.313 e. The van der Waals surface area contributed by atoms with Crippen LogP contribution in [0.3, 0.4) is 0 Å². The zero-order chi connectivity index (χ0) is 21.8. The van der Waals surface area contributed by atoms with Crippen molar-refractivity contribution in [3.8, 4) is 0 Å². The lowest BCUT2D eigenvalue weighted by molar-refractivity contribution is -0.134. The van der Waals surface area contributed by atoms with Gasteiger partial charge in [-0.05, 0) is 69.8 Å². The van der Waals surface area contributed by atoms with Gasteiger partial charge in [0.1, 0.15) is 11.9 Å². The van der Waals surface area contributed by atoms with Crippen LogP contribution in [0.15, 0.2) is 11.3 Å². The van der Waals surface area contributed by atoms with Gasteiger partial charge in [0.15, 0.2) is 0 Å². The van der Waals surface area contributed by atoms with Crippen molar-refractivity contribution in [1.29, 1.82) is 0 Å². The number of ether oxygens (including phenoxy) is 1. The van der Waals surface area contributed by atoms with E-state index < -0.39 is 5.97 Å². The largest absolute Gasteiger partial charge is 0.493 e. The SMILES string of the molecule is CCCCCCC/C(CCCCC(C)=O)=C1\CC[C@@H]2CCC[C@H](SCC(=O)O)[C@H]2O1. The van der Waals surface area contributed by atoms with Crippen LogP contribution in [0.1, 0.15) is 110 Å². The number of fused-ring (bicyclic) bond motifs is 1. The number of carbonyl (C=O) groups excluding carboxylic acids is 1. The summed E-state index contributed by atoms with van der Waals surface area (Å²) in [6, 6.07) is 0. The molecule has 0 aromatic carbocycles. The maximum atomic E-state index is 11.3. The number of aliphatic carboxylic acids is 1. The molecular formula is C25H42O4S. The first kappa shape index (κ1) is 25.3. The molecule has 1 aliphatic heterocycles. The quantitative estimate of drug-likeness (QED) is 0.298. The second kappa shape index (κ2) is 14.2. The Balaban J connectivity index is 2.01. The molecule has 0 bridgehead atoms. The van der Waals surface area contributed by atoms with Gasteiger partial charge in [0, 0.05) is 18.1 Å². The number of ketones is 1. The van der Waals surface area contributed by atoms with Crippen molar-refractivity contribution in [2.75, 3.05) is 5.75 Å². The Morgan fingerprint density at radius 1 is 1.00 bits per heavy atom. The van der Waals surface area contributed by atoms with Crippen molar-refractivity contribution in [1.82, 2.24) is 0 Å². The van der Waals surface area contributed by atoms with Crippen LogP contribution in [0.4, 0.5) is 0 Å². The van der Waals surface area contributed by atoms with E-state index in [1.54, 1.807) is 18.7 Å². The van der Waals surface area contributed by atoms with Crippen LogP contribution in [-0.4, -0.2) is 34.0 Å². The normalized spacial score (nSPS) is 25.3. The number of rotatable bonds is 14. The average Bonchev–Trinajstić information content (AvgIpc) is 2.73. The molecule has 5 heteroatoms. The third-order valence-electron chi connectivity index (χ3n) is 6.57. The highest BCUT2D eigenvalue weighted by molar-refractivity contribution is 8.00. The van der Waals surface area contributed by atoms with E-state index in [9.17, 15) is 9.59 Å². The molecule has 172 valence electrons. The lowest BCUT2D eigenvalue weighted by atomic mass is 9.80. The van der Waals surface area contributed by atoms with E-state index in [1.165, 1.54) is 62.7 Å². The van der Waals surface area contributed by atoms with Crippen molar-refractivity contribution in [3.63, 3.8) is 0 Å². The zero-order valence-corrected chi connectivity index (χ0v) is 19.9. The molecule has 0 radical (unpaired) electrons. The Kier molecular flexibility index (Phi) is 11.9. The number of carbonyl (C=O) groups is 2. The average molecular weight is 439 g/mol. The lowest BCUT2D eigenvalue weighted by Crippen LogP contribution is -2.41. The molecule has 1 aliphatic carbocycles. The van der Waals surface area contributed by atoms with Gasteiger partial charge in [-0.25, -0.2) is 0 Å². The summed E-state index contributed by atoms with van der Waals surface area (Å²) < 4.78 is 6.65. The van der Waals surface area contributed by atoms with Crippen molar-refractivity contribution < 1.29 is 19.4 Å². The zero-order valence-electron chi connectivity index (χ0n) is 19.1. The predicted molar refractivity (Wildman–Crippen MR) is 125 cm³/mol. The maximum absolute atomic E-state index is 11.3. The van der Waals surface area contributed by atoms with Crippen molar-refractivity contribution >= 4 is 23.5 Å². The smallest absolute Gasteiger partial charge is 0.313 e. The fourth-order valence-electron chi connectivity index (χ4n) is 4.91. The first-order valence-corrected chi connectivity index (χ1v) is 13.3. The van der Waals surface area contributed by atoms with Crippen LogP contribution in [0.5, 0.6) is 0 Å². The summed E-state index contributed by atoms with van der Waals surface area (Å²) in [6.45, 7) is 3.92. The Labute approximate surface area is 187 Å². The molecule has 2 fully saturated rings. The van der Waals surface area contributed by atoms with Gasteiger partial charge in [-0.3, -0.25) is 4.79 Å². The number of Topliss-reactive ketones (excluding diaryl/α,β-unsaturated/α-hetero) is 1. The number of carboxylic acids is 1. The van der Waals surface area contributed by atoms with E-state index in [0.717, 1.165) is 38.5 Å². The molecular weight excluding hydrogens is 396 g/mol. The van der Waals surface area contributed by atoms with Gasteiger partial charge in [0.25, 0.3) is 0 Å². The van der Waals surface area contributed by atoms with E-state index in [-0.39, 0.29) is 17.6 Å². The van der Waals surface area contributed by atoms with Crippen LogP contribution < -0.4 is 0 Å². The highest BCUT2D eigenvalue weighted by Crippen LogP contribution is 2.43. The summed E-state index contributed by atoms with van der Waals surface area (Å²) in [5.41, 5.74) is 1.47. The molecule has 2 rings (SSSR count). The van der Waals surface area contributed by atoms with E-state index in [1.807, 2.05) is 0 Å². The molecule has 3 atom stereocenters. The molecule has 0 spiro atoms. The van der Waals surface area contributed by atoms with Gasteiger partial charge >= 0.3 is 5.97 Å². The van der Waals surface area contributed by atoms with Crippen LogP contribution >= 0.6 is 11.8 Å². The Morgan fingerprint density at radius 2 is 1.70 bits per heavy atom. The number of hydrogen-bond acceptors (Lipinski definition) is 4. The third-order valence-corrected chi connectivity index (χ3v) is 7.92. The van der Waals surface area contributed by atoms with Gasteiger partial charge in [-0.2, -0.15) is 0 Å². The summed E-state index contributed by atoms with van der Waals surface area (Å²) in [5.74, 6) is 1.51. The highest BCUT2D eigenvalue weighted by atomic mass is 32.2. The third kappa shape index (κ3) is 9.03. The fraction of sp³-hybridized carbons (Fsp3) is 0.840. The standard InChI is InChI=1S/C25H42O4S/c1-3-4-5-6-7-12-20(13-9-8-11-19(2)26)22-17-16-21-14-10-15-23(25(21)29-22)30-18-24(27)28/h21,23,25H,3-18H2,1-2H3,(H,27,28)/b22-20-/t21-,23-,25-/m0/s1. The van der Waals surface area contributed by atoms with Crippen LogP contribution in [-0.2, 0) is 14.3 Å². The summed E-state index contributed by atoms with van der Waals surface area (Å²) in [4.78, 5) is 22.4. The van der Waals surface area contributed by atoms with Crippen LogP contribution in [0.25, 0.3) is 0 Å². The predicted octanol–water partition coefficient (Wildman–Crippen LogP) is 6.92. The lowest BCUT2D eigenvalue weighted by Gasteiger charge is -2.42. The van der Waals surface area contributed by atoms with E-state index in [2.05, 4.69) is 6.92 Å². The summed E-state index contributed by atoms with van der Waals surface area (Å²) in [7, 11) is 0. The molecule has 0 amide bonds. The Hall–Kier alpha value is -0.970. The second-order valence-electron chi connectivity index (χ2n) is 9.16. The number of thioether (sulfide) groups is 1. The van der Waals surface area contributed by atoms with Crippen LogP contribution in [0.2, 0.25) is 0 Å².